The van der Waals surface area contributed by atoms with Crippen LogP contribution in [-0.4, -0.2) is 26.2 Å². The summed E-state index contributed by atoms with van der Waals surface area (Å²) in [6.45, 7) is 1.77. The predicted molar refractivity (Wildman–Crippen MR) is 90.0 cm³/mol. The van der Waals surface area contributed by atoms with Gasteiger partial charge in [-0.15, -0.1) is 10.2 Å². The number of hydrogen-bond donors (Lipinski definition) is 0. The maximum atomic E-state index is 11.4. The molecule has 24 heavy (non-hydrogen) atoms. The molecule has 2 aliphatic rings. The van der Waals surface area contributed by atoms with E-state index in [9.17, 15) is 10.1 Å². The lowest BCUT2D eigenvalue weighted by molar-refractivity contribution is -0.384. The quantitative estimate of drug-likeness (QED) is 0.639. The van der Waals surface area contributed by atoms with E-state index in [-0.39, 0.29) is 16.7 Å². The molecule has 1 fully saturated rings. The number of nitro benzene ring substituents is 1. The molecule has 0 N–H and O–H groups in total. The Bertz CT molecular complexity index is 757. The summed E-state index contributed by atoms with van der Waals surface area (Å²) >= 11 is 0. The Morgan fingerprint density at radius 3 is 2.79 bits per heavy atom. The van der Waals surface area contributed by atoms with Crippen LogP contribution >= 0.6 is 0 Å². The van der Waals surface area contributed by atoms with E-state index in [4.69, 9.17) is 0 Å². The van der Waals surface area contributed by atoms with Gasteiger partial charge in [0.2, 0.25) is 0 Å². The molecule has 1 saturated heterocycles. The topological polar surface area (TPSA) is 77.1 Å². The van der Waals surface area contributed by atoms with E-state index in [1.54, 1.807) is 12.1 Å². The summed E-state index contributed by atoms with van der Waals surface area (Å²) < 4.78 is 2.24. The Morgan fingerprint density at radius 1 is 1.08 bits per heavy atom. The number of fused-ring (bicyclic) bond motifs is 1. The highest BCUT2D eigenvalue weighted by Crippen LogP contribution is 2.39. The van der Waals surface area contributed by atoms with Crippen molar-refractivity contribution in [1.29, 1.82) is 0 Å². The zero-order chi connectivity index (χ0) is 16.5. The molecule has 7 nitrogen and oxygen atoms in total. The fourth-order valence-corrected chi connectivity index (χ4v) is 3.93. The first kappa shape index (κ1) is 15.1. The van der Waals surface area contributed by atoms with Gasteiger partial charge >= 0.3 is 0 Å². The van der Waals surface area contributed by atoms with E-state index < -0.39 is 0 Å². The molecule has 0 amide bonds. The molecule has 0 bridgehead atoms. The summed E-state index contributed by atoms with van der Waals surface area (Å²) in [6.07, 6.45) is 6.41. The van der Waals surface area contributed by atoms with Gasteiger partial charge in [-0.3, -0.25) is 10.1 Å². The number of hydrogen-bond acceptors (Lipinski definition) is 5. The molecule has 0 radical (unpaired) electrons. The van der Waals surface area contributed by atoms with Gasteiger partial charge in [0.25, 0.3) is 5.69 Å². The SMILES string of the molecule is O=[N+]([O-])c1ccccc1N1CCCCC1c1nnc2n1CCCC2. The summed E-state index contributed by atoms with van der Waals surface area (Å²) in [6, 6.07) is 7.09. The van der Waals surface area contributed by atoms with Gasteiger partial charge in [0.15, 0.2) is 5.82 Å². The van der Waals surface area contributed by atoms with Gasteiger partial charge in [0, 0.05) is 25.6 Å². The Morgan fingerprint density at radius 2 is 1.92 bits per heavy atom. The van der Waals surface area contributed by atoms with E-state index >= 15 is 0 Å². The number of rotatable bonds is 3. The highest BCUT2D eigenvalue weighted by molar-refractivity contribution is 5.64. The normalized spacial score (nSPS) is 20.7. The molecule has 126 valence electrons. The highest BCUT2D eigenvalue weighted by Gasteiger charge is 2.33. The second kappa shape index (κ2) is 6.22. The van der Waals surface area contributed by atoms with E-state index in [2.05, 4.69) is 19.7 Å². The molecular weight excluding hydrogens is 306 g/mol. The molecular formula is C17H21N5O2. The lowest BCUT2D eigenvalue weighted by atomic mass is 9.99. The third-order valence-corrected chi connectivity index (χ3v) is 5.08. The van der Waals surface area contributed by atoms with E-state index in [1.807, 2.05) is 12.1 Å². The van der Waals surface area contributed by atoms with Crippen molar-refractivity contribution in [1.82, 2.24) is 14.8 Å². The predicted octanol–water partition coefficient (Wildman–Crippen LogP) is 3.25. The van der Waals surface area contributed by atoms with Gasteiger partial charge in [-0.2, -0.15) is 0 Å². The molecule has 0 spiro atoms. The standard InChI is InChI=1S/C17H21N5O2/c23-22(24)14-8-2-1-7-13(14)20-11-5-3-9-15(20)17-19-18-16-10-4-6-12-21(16)17/h1-2,7-8,15H,3-6,9-12H2. The first-order valence-electron chi connectivity index (χ1n) is 8.68. The molecule has 2 aromatic rings. The third kappa shape index (κ3) is 2.53. The highest BCUT2D eigenvalue weighted by atomic mass is 16.6. The second-order valence-electron chi connectivity index (χ2n) is 6.53. The minimum atomic E-state index is -0.291. The van der Waals surface area contributed by atoms with Crippen LogP contribution in [0.25, 0.3) is 0 Å². The van der Waals surface area contributed by atoms with Crippen LogP contribution in [0.2, 0.25) is 0 Å². The first-order valence-corrected chi connectivity index (χ1v) is 8.68. The van der Waals surface area contributed by atoms with Crippen molar-refractivity contribution in [2.75, 3.05) is 11.4 Å². The third-order valence-electron chi connectivity index (χ3n) is 5.08. The van der Waals surface area contributed by atoms with Crippen LogP contribution in [0.1, 0.15) is 49.8 Å². The average molecular weight is 327 g/mol. The lowest BCUT2D eigenvalue weighted by Gasteiger charge is -2.37. The Kier molecular flexibility index (Phi) is 3.92. The number of benzene rings is 1. The molecule has 7 heteroatoms. The molecule has 1 unspecified atom stereocenters. The van der Waals surface area contributed by atoms with E-state index in [0.717, 1.165) is 63.3 Å². The largest absolute Gasteiger partial charge is 0.356 e. The average Bonchev–Trinajstić information content (AvgIpc) is 3.05. The Labute approximate surface area is 140 Å². The van der Waals surface area contributed by atoms with Crippen molar-refractivity contribution in [3.63, 3.8) is 0 Å². The molecule has 0 aliphatic carbocycles. The summed E-state index contributed by atoms with van der Waals surface area (Å²) in [5, 5.41) is 20.3. The molecule has 4 rings (SSSR count). The van der Waals surface area contributed by atoms with Crippen LogP contribution in [0.5, 0.6) is 0 Å². The number of anilines is 1. The fourth-order valence-electron chi connectivity index (χ4n) is 3.93. The number of nitro groups is 1. The number of piperidine rings is 1. The van der Waals surface area contributed by atoms with Crippen molar-refractivity contribution in [3.8, 4) is 0 Å². The summed E-state index contributed by atoms with van der Waals surface area (Å²) in [4.78, 5) is 13.3. The van der Waals surface area contributed by atoms with Gasteiger partial charge in [0.05, 0.1) is 11.0 Å². The molecule has 3 heterocycles. The first-order chi connectivity index (χ1) is 11.8. The minimum Gasteiger partial charge on any atom is -0.356 e. The maximum absolute atomic E-state index is 11.4. The van der Waals surface area contributed by atoms with Crippen molar-refractivity contribution in [2.45, 2.75) is 51.1 Å². The van der Waals surface area contributed by atoms with E-state index in [0.29, 0.717) is 5.69 Å². The smallest absolute Gasteiger partial charge is 0.292 e. The lowest BCUT2D eigenvalue weighted by Crippen LogP contribution is -2.36. The van der Waals surface area contributed by atoms with Gasteiger partial charge in [-0.05, 0) is 38.2 Å². The van der Waals surface area contributed by atoms with Crippen molar-refractivity contribution >= 4 is 11.4 Å². The maximum Gasteiger partial charge on any atom is 0.292 e. The van der Waals surface area contributed by atoms with Crippen molar-refractivity contribution < 1.29 is 4.92 Å². The summed E-state index contributed by atoms with van der Waals surface area (Å²) in [7, 11) is 0. The number of aromatic nitrogens is 3. The summed E-state index contributed by atoms with van der Waals surface area (Å²) in [5.74, 6) is 2.03. The molecule has 2 aliphatic heterocycles. The number of aryl methyl sites for hydroxylation is 1. The van der Waals surface area contributed by atoms with Crippen LogP contribution in [-0.2, 0) is 13.0 Å². The zero-order valence-corrected chi connectivity index (χ0v) is 13.6. The van der Waals surface area contributed by atoms with Gasteiger partial charge in [0.1, 0.15) is 11.5 Å². The number of nitrogens with zero attached hydrogens (tertiary/aromatic N) is 5. The molecule has 0 saturated carbocycles. The Balaban J connectivity index is 1.75. The van der Waals surface area contributed by atoms with Crippen LogP contribution < -0.4 is 4.90 Å². The molecule has 1 aromatic carbocycles. The van der Waals surface area contributed by atoms with Gasteiger partial charge in [-0.25, -0.2) is 0 Å². The van der Waals surface area contributed by atoms with Crippen LogP contribution in [0.4, 0.5) is 11.4 Å². The van der Waals surface area contributed by atoms with Crippen LogP contribution in [0, 0.1) is 10.1 Å². The Hall–Kier alpha value is -2.44. The van der Waals surface area contributed by atoms with E-state index in [1.165, 1.54) is 0 Å². The van der Waals surface area contributed by atoms with Crippen LogP contribution in [0.15, 0.2) is 24.3 Å². The summed E-state index contributed by atoms with van der Waals surface area (Å²) in [5.41, 5.74) is 0.864. The molecule has 1 aromatic heterocycles. The van der Waals surface area contributed by atoms with Crippen molar-refractivity contribution in [3.05, 3.63) is 46.0 Å². The second-order valence-corrected chi connectivity index (χ2v) is 6.53. The monoisotopic (exact) mass is 327 g/mol. The minimum absolute atomic E-state index is 0.0687. The molecule has 1 atom stereocenters. The number of para-hydroxylation sites is 2. The van der Waals surface area contributed by atoms with Gasteiger partial charge in [-0.1, -0.05) is 12.1 Å². The zero-order valence-electron chi connectivity index (χ0n) is 13.6. The van der Waals surface area contributed by atoms with Crippen molar-refractivity contribution in [2.24, 2.45) is 0 Å². The van der Waals surface area contributed by atoms with Gasteiger partial charge < -0.3 is 9.47 Å². The van der Waals surface area contributed by atoms with Crippen LogP contribution in [0.3, 0.4) is 0 Å². The fraction of sp³-hybridized carbons (Fsp3) is 0.529.